The van der Waals surface area contributed by atoms with E-state index in [0.29, 0.717) is 21.2 Å². The van der Waals surface area contributed by atoms with Crippen molar-refractivity contribution in [3.63, 3.8) is 0 Å². The number of carbonyl (C=O) groups excluding carboxylic acids is 1. The average Bonchev–Trinajstić information content (AvgIpc) is 2.39. The molecule has 0 saturated carbocycles. The zero-order valence-corrected chi connectivity index (χ0v) is 13.2. The van der Waals surface area contributed by atoms with Gasteiger partial charge in [-0.3, -0.25) is 4.79 Å². The maximum atomic E-state index is 12.1. The topological polar surface area (TPSA) is 37.3 Å². The fourth-order valence-corrected chi connectivity index (χ4v) is 2.48. The fourth-order valence-electron chi connectivity index (χ4n) is 1.60. The first-order valence-corrected chi connectivity index (χ1v) is 7.18. The summed E-state index contributed by atoms with van der Waals surface area (Å²) in [5.74, 6) is -0.105. The molecule has 0 heterocycles. The Morgan fingerprint density at radius 2 is 1.90 bits per heavy atom. The molecule has 0 unspecified atom stereocenters. The molecular weight excluding hydrogens is 363 g/mol. The first-order chi connectivity index (χ1) is 9.47. The Morgan fingerprint density at radius 3 is 2.60 bits per heavy atom. The van der Waals surface area contributed by atoms with Crippen molar-refractivity contribution < 1.29 is 9.90 Å². The van der Waals surface area contributed by atoms with Gasteiger partial charge in [0.2, 0.25) is 0 Å². The zero-order valence-electron chi connectivity index (χ0n) is 10.1. The Morgan fingerprint density at radius 1 is 1.15 bits per heavy atom. The summed E-state index contributed by atoms with van der Waals surface area (Å²) in [4.78, 5) is 12.1. The van der Waals surface area contributed by atoms with Crippen molar-refractivity contribution in [1.82, 2.24) is 0 Å². The molecule has 2 nitrogen and oxygen atoms in total. The zero-order chi connectivity index (χ0) is 14.7. The number of rotatable bonds is 3. The van der Waals surface area contributed by atoms with E-state index in [1.54, 1.807) is 36.4 Å². The second-order valence-electron chi connectivity index (χ2n) is 4.03. The number of hydrogen-bond donors (Lipinski definition) is 1. The van der Waals surface area contributed by atoms with Crippen molar-refractivity contribution in [3.05, 3.63) is 68.1 Å². The van der Waals surface area contributed by atoms with Crippen molar-refractivity contribution >= 4 is 51.0 Å². The molecule has 0 spiro atoms. The summed E-state index contributed by atoms with van der Waals surface area (Å²) in [5.41, 5.74) is 1.08. The first-order valence-electron chi connectivity index (χ1n) is 5.63. The number of phenolic OH excluding ortho intramolecular Hbond substituents is 1. The lowest BCUT2D eigenvalue weighted by Gasteiger charge is -2.01. The van der Waals surface area contributed by atoms with Crippen molar-refractivity contribution in [1.29, 1.82) is 0 Å². The summed E-state index contributed by atoms with van der Waals surface area (Å²) < 4.78 is 0.779. The number of ketones is 1. The van der Waals surface area contributed by atoms with Crippen LogP contribution in [0.1, 0.15) is 15.9 Å². The maximum Gasteiger partial charge on any atom is 0.187 e. The normalized spacial score (nSPS) is 10.9. The highest BCUT2D eigenvalue weighted by molar-refractivity contribution is 9.10. The summed E-state index contributed by atoms with van der Waals surface area (Å²) in [6.45, 7) is 0. The van der Waals surface area contributed by atoms with Crippen molar-refractivity contribution in [2.45, 2.75) is 0 Å². The van der Waals surface area contributed by atoms with Crippen LogP contribution in [0.25, 0.3) is 6.08 Å². The van der Waals surface area contributed by atoms with Crippen LogP contribution in [0.15, 0.2) is 46.9 Å². The van der Waals surface area contributed by atoms with Crippen molar-refractivity contribution in [3.8, 4) is 5.75 Å². The summed E-state index contributed by atoms with van der Waals surface area (Å²) in [7, 11) is 0. The number of carbonyl (C=O) groups is 1. The minimum atomic E-state index is -0.234. The van der Waals surface area contributed by atoms with E-state index in [1.165, 1.54) is 12.1 Å². The Balaban J connectivity index is 2.27. The van der Waals surface area contributed by atoms with Gasteiger partial charge in [-0.25, -0.2) is 0 Å². The van der Waals surface area contributed by atoms with E-state index in [-0.39, 0.29) is 11.5 Å². The lowest BCUT2D eigenvalue weighted by Crippen LogP contribution is -1.95. The molecule has 2 aromatic carbocycles. The molecule has 2 rings (SSSR count). The lowest BCUT2D eigenvalue weighted by molar-refractivity contribution is 0.104. The number of benzene rings is 2. The molecule has 2 aromatic rings. The Kier molecular flexibility index (Phi) is 4.86. The van der Waals surface area contributed by atoms with E-state index in [4.69, 9.17) is 23.2 Å². The highest BCUT2D eigenvalue weighted by Gasteiger charge is 2.08. The van der Waals surface area contributed by atoms with Crippen LogP contribution in [0.4, 0.5) is 0 Å². The largest absolute Gasteiger partial charge is 0.508 e. The molecule has 0 amide bonds. The van der Waals surface area contributed by atoms with Gasteiger partial charge in [-0.05, 0) is 54.1 Å². The van der Waals surface area contributed by atoms with Gasteiger partial charge in [0.25, 0.3) is 0 Å². The van der Waals surface area contributed by atoms with Crippen LogP contribution in [0.5, 0.6) is 5.75 Å². The van der Waals surface area contributed by atoms with Crippen LogP contribution < -0.4 is 0 Å². The highest BCUT2D eigenvalue weighted by atomic mass is 79.9. The second kappa shape index (κ2) is 6.44. The van der Waals surface area contributed by atoms with E-state index >= 15 is 0 Å². The van der Waals surface area contributed by atoms with Gasteiger partial charge >= 0.3 is 0 Å². The molecule has 0 radical (unpaired) electrons. The van der Waals surface area contributed by atoms with E-state index < -0.39 is 0 Å². The quantitative estimate of drug-likeness (QED) is 0.582. The molecule has 0 aliphatic heterocycles. The van der Waals surface area contributed by atoms with Crippen LogP contribution in [-0.4, -0.2) is 10.9 Å². The summed E-state index contributed by atoms with van der Waals surface area (Å²) >= 11 is 15.1. The van der Waals surface area contributed by atoms with Crippen molar-refractivity contribution in [2.75, 3.05) is 0 Å². The average molecular weight is 372 g/mol. The van der Waals surface area contributed by atoms with Gasteiger partial charge in [0.1, 0.15) is 5.75 Å². The van der Waals surface area contributed by atoms with Gasteiger partial charge in [0, 0.05) is 15.1 Å². The van der Waals surface area contributed by atoms with Gasteiger partial charge < -0.3 is 5.11 Å². The third-order valence-corrected chi connectivity index (χ3v) is 3.86. The van der Waals surface area contributed by atoms with E-state index in [1.807, 2.05) is 0 Å². The van der Waals surface area contributed by atoms with Gasteiger partial charge in [-0.15, -0.1) is 0 Å². The predicted molar refractivity (Wildman–Crippen MR) is 85.6 cm³/mol. The van der Waals surface area contributed by atoms with E-state index in [0.717, 1.165) is 4.47 Å². The molecule has 0 aromatic heterocycles. The van der Waals surface area contributed by atoms with Gasteiger partial charge in [-0.1, -0.05) is 39.1 Å². The van der Waals surface area contributed by atoms with Gasteiger partial charge in [0.05, 0.1) is 5.02 Å². The Bertz CT molecular complexity index is 696. The minimum Gasteiger partial charge on any atom is -0.508 e. The lowest BCUT2D eigenvalue weighted by atomic mass is 10.1. The SMILES string of the molecule is O=C(C=Cc1cc(O)ccc1Br)c1ccc(Cl)cc1Cl. The third kappa shape index (κ3) is 3.63. The molecule has 0 aliphatic rings. The molecule has 0 bridgehead atoms. The molecule has 0 atom stereocenters. The van der Waals surface area contributed by atoms with Crippen LogP contribution in [-0.2, 0) is 0 Å². The van der Waals surface area contributed by atoms with E-state index in [2.05, 4.69) is 15.9 Å². The molecule has 1 N–H and O–H groups in total. The molecule has 0 saturated heterocycles. The van der Waals surface area contributed by atoms with Crippen LogP contribution >= 0.6 is 39.1 Å². The van der Waals surface area contributed by atoms with Gasteiger partial charge in [0.15, 0.2) is 5.78 Å². The second-order valence-corrected chi connectivity index (χ2v) is 5.73. The summed E-state index contributed by atoms with van der Waals surface area (Å²) in [6, 6.07) is 9.52. The number of aromatic hydroxyl groups is 1. The summed E-state index contributed by atoms with van der Waals surface area (Å²) in [5, 5.41) is 10.2. The number of phenols is 1. The molecule has 0 aliphatic carbocycles. The number of halogens is 3. The maximum absolute atomic E-state index is 12.1. The first kappa shape index (κ1) is 15.1. The monoisotopic (exact) mass is 370 g/mol. The smallest absolute Gasteiger partial charge is 0.187 e. The molecule has 102 valence electrons. The molecule has 5 heteroatoms. The fraction of sp³-hybridized carbons (Fsp3) is 0. The highest BCUT2D eigenvalue weighted by Crippen LogP contribution is 2.24. The molecule has 20 heavy (non-hydrogen) atoms. The summed E-state index contributed by atoms with van der Waals surface area (Å²) in [6.07, 6.45) is 3.01. The van der Waals surface area contributed by atoms with Crippen molar-refractivity contribution in [2.24, 2.45) is 0 Å². The Labute approximate surface area is 134 Å². The molecular formula is C15H9BrCl2O2. The number of allylic oxidation sites excluding steroid dienone is 1. The van der Waals surface area contributed by atoms with Crippen LogP contribution in [0, 0.1) is 0 Å². The van der Waals surface area contributed by atoms with Gasteiger partial charge in [-0.2, -0.15) is 0 Å². The third-order valence-electron chi connectivity index (χ3n) is 2.59. The van der Waals surface area contributed by atoms with E-state index in [9.17, 15) is 9.90 Å². The molecule has 0 fully saturated rings. The minimum absolute atomic E-state index is 0.129. The van der Waals surface area contributed by atoms with Crippen LogP contribution in [0.3, 0.4) is 0 Å². The van der Waals surface area contributed by atoms with Crippen LogP contribution in [0.2, 0.25) is 10.0 Å². The Hall–Kier alpha value is -1.29. The standard InChI is InChI=1S/C15H9BrCl2O2/c16-13-5-3-11(19)7-9(13)1-6-15(20)12-4-2-10(17)8-14(12)18/h1-8,19H. The number of hydrogen-bond acceptors (Lipinski definition) is 2. The predicted octanol–water partition coefficient (Wildman–Crippen LogP) is 5.36.